The maximum Gasteiger partial charge on any atom is 0.353 e. The number of hydrogen-bond acceptors (Lipinski definition) is 4. The summed E-state index contributed by atoms with van der Waals surface area (Å²) in [6.45, 7) is 1.87. The third kappa shape index (κ3) is 2.83. The molecule has 0 aromatic heterocycles. The molecule has 0 spiro atoms. The van der Waals surface area contributed by atoms with Crippen LogP contribution >= 0.6 is 11.6 Å². The molecule has 0 radical (unpaired) electrons. The van der Waals surface area contributed by atoms with Gasteiger partial charge in [-0.15, -0.1) is 0 Å². The number of cyclic esters (lactones) is 1. The maximum atomic E-state index is 12.2. The van der Waals surface area contributed by atoms with E-state index in [1.165, 1.54) is 0 Å². The van der Waals surface area contributed by atoms with Gasteiger partial charge in [-0.2, -0.15) is 0 Å². The molecule has 0 amide bonds. The molecule has 1 atom stereocenters. The average Bonchev–Trinajstić information content (AvgIpc) is 2.51. The molecule has 22 heavy (non-hydrogen) atoms. The number of esters is 2. The highest BCUT2D eigenvalue weighted by atomic mass is 35.5. The second-order valence-corrected chi connectivity index (χ2v) is 5.52. The SMILES string of the molecule is Cc1ccc(Cl)c(OC(=O)C2Cc3ccccc3C(=O)O2)c1. The predicted molar refractivity (Wildman–Crippen MR) is 81.2 cm³/mol. The molecule has 2 aromatic carbocycles. The Morgan fingerprint density at radius 1 is 1.27 bits per heavy atom. The molecule has 0 saturated carbocycles. The molecule has 0 aliphatic carbocycles. The number of carbonyl (C=O) groups is 2. The van der Waals surface area contributed by atoms with Crippen LogP contribution < -0.4 is 4.74 Å². The zero-order chi connectivity index (χ0) is 15.7. The fraction of sp³-hybridized carbons (Fsp3) is 0.176. The van der Waals surface area contributed by atoms with E-state index < -0.39 is 18.0 Å². The van der Waals surface area contributed by atoms with Gasteiger partial charge in [0.25, 0.3) is 0 Å². The average molecular weight is 317 g/mol. The summed E-state index contributed by atoms with van der Waals surface area (Å²) >= 11 is 6.00. The van der Waals surface area contributed by atoms with E-state index >= 15 is 0 Å². The van der Waals surface area contributed by atoms with Crippen molar-refractivity contribution in [2.75, 3.05) is 0 Å². The van der Waals surface area contributed by atoms with Crippen molar-refractivity contribution in [3.05, 3.63) is 64.2 Å². The number of fused-ring (bicyclic) bond motifs is 1. The van der Waals surface area contributed by atoms with Gasteiger partial charge in [-0.05, 0) is 36.2 Å². The van der Waals surface area contributed by atoms with Gasteiger partial charge in [-0.25, -0.2) is 9.59 Å². The van der Waals surface area contributed by atoms with E-state index in [4.69, 9.17) is 21.1 Å². The summed E-state index contributed by atoms with van der Waals surface area (Å²) in [6, 6.07) is 12.2. The summed E-state index contributed by atoms with van der Waals surface area (Å²) < 4.78 is 10.4. The normalized spacial score (nSPS) is 16.6. The minimum Gasteiger partial charge on any atom is -0.446 e. The molecule has 4 nitrogen and oxygen atoms in total. The number of hydrogen-bond donors (Lipinski definition) is 0. The minimum absolute atomic E-state index is 0.265. The zero-order valence-electron chi connectivity index (χ0n) is 11.8. The van der Waals surface area contributed by atoms with Crippen LogP contribution in [0.15, 0.2) is 42.5 Å². The lowest BCUT2D eigenvalue weighted by atomic mass is 9.99. The molecule has 0 saturated heterocycles. The fourth-order valence-electron chi connectivity index (χ4n) is 2.33. The second-order valence-electron chi connectivity index (χ2n) is 5.11. The van der Waals surface area contributed by atoms with E-state index in [0.717, 1.165) is 11.1 Å². The van der Waals surface area contributed by atoms with Crippen molar-refractivity contribution in [2.24, 2.45) is 0 Å². The van der Waals surface area contributed by atoms with Crippen LogP contribution in [-0.4, -0.2) is 18.0 Å². The van der Waals surface area contributed by atoms with Crippen molar-refractivity contribution < 1.29 is 19.1 Å². The van der Waals surface area contributed by atoms with E-state index in [1.807, 2.05) is 19.1 Å². The van der Waals surface area contributed by atoms with Gasteiger partial charge in [0, 0.05) is 6.42 Å². The van der Waals surface area contributed by atoms with Crippen LogP contribution in [0.5, 0.6) is 5.75 Å². The van der Waals surface area contributed by atoms with Crippen molar-refractivity contribution in [1.29, 1.82) is 0 Å². The molecular weight excluding hydrogens is 304 g/mol. The number of aryl methyl sites for hydroxylation is 1. The number of halogens is 1. The Kier molecular flexibility index (Phi) is 3.86. The second kappa shape index (κ2) is 5.81. The number of rotatable bonds is 2. The van der Waals surface area contributed by atoms with Gasteiger partial charge < -0.3 is 9.47 Å². The van der Waals surface area contributed by atoms with Gasteiger partial charge in [0.1, 0.15) is 5.75 Å². The number of ether oxygens (including phenoxy) is 2. The molecule has 0 N–H and O–H groups in total. The van der Waals surface area contributed by atoms with Crippen LogP contribution in [0.3, 0.4) is 0 Å². The Balaban J connectivity index is 1.79. The van der Waals surface area contributed by atoms with Gasteiger partial charge in [0.05, 0.1) is 10.6 Å². The quantitative estimate of drug-likeness (QED) is 0.630. The Bertz CT molecular complexity index is 754. The first kappa shape index (κ1) is 14.6. The van der Waals surface area contributed by atoms with Gasteiger partial charge in [-0.3, -0.25) is 0 Å². The van der Waals surface area contributed by atoms with Gasteiger partial charge in [0.15, 0.2) is 0 Å². The predicted octanol–water partition coefficient (Wildman–Crippen LogP) is 3.34. The molecule has 112 valence electrons. The zero-order valence-corrected chi connectivity index (χ0v) is 12.6. The third-order valence-electron chi connectivity index (χ3n) is 3.45. The van der Waals surface area contributed by atoms with Crippen LogP contribution in [0.1, 0.15) is 21.5 Å². The first-order valence-corrected chi connectivity index (χ1v) is 7.19. The van der Waals surface area contributed by atoms with Crippen LogP contribution in [0.2, 0.25) is 5.02 Å². The number of carbonyl (C=O) groups excluding carboxylic acids is 2. The molecule has 1 aliphatic heterocycles. The lowest BCUT2D eigenvalue weighted by Crippen LogP contribution is -2.37. The Morgan fingerprint density at radius 2 is 2.05 bits per heavy atom. The lowest BCUT2D eigenvalue weighted by Gasteiger charge is -2.23. The van der Waals surface area contributed by atoms with Crippen LogP contribution in [0.25, 0.3) is 0 Å². The van der Waals surface area contributed by atoms with Crippen LogP contribution in [-0.2, 0) is 16.0 Å². The largest absolute Gasteiger partial charge is 0.446 e. The van der Waals surface area contributed by atoms with Crippen molar-refractivity contribution in [2.45, 2.75) is 19.4 Å². The standard InChI is InChI=1S/C17H13ClO4/c1-10-6-7-13(18)14(8-10)21-17(20)15-9-11-4-2-3-5-12(11)16(19)22-15/h2-8,15H,9H2,1H3. The molecule has 1 aliphatic rings. The Labute approximate surface area is 132 Å². The van der Waals surface area contributed by atoms with E-state index in [0.29, 0.717) is 17.0 Å². The van der Waals surface area contributed by atoms with E-state index in [1.54, 1.807) is 30.3 Å². The van der Waals surface area contributed by atoms with Gasteiger partial charge in [0.2, 0.25) is 6.10 Å². The lowest BCUT2D eigenvalue weighted by molar-refractivity contribution is -0.144. The Hall–Kier alpha value is -2.33. The summed E-state index contributed by atoms with van der Waals surface area (Å²) in [5.74, 6) is -0.879. The first-order valence-electron chi connectivity index (χ1n) is 6.81. The van der Waals surface area contributed by atoms with Crippen molar-refractivity contribution in [3.63, 3.8) is 0 Å². The van der Waals surface area contributed by atoms with Gasteiger partial charge >= 0.3 is 11.9 Å². The molecule has 5 heteroatoms. The van der Waals surface area contributed by atoms with E-state index in [-0.39, 0.29) is 5.75 Å². The first-order chi connectivity index (χ1) is 10.5. The number of benzene rings is 2. The monoisotopic (exact) mass is 316 g/mol. The van der Waals surface area contributed by atoms with E-state index in [9.17, 15) is 9.59 Å². The van der Waals surface area contributed by atoms with Crippen molar-refractivity contribution in [3.8, 4) is 5.75 Å². The highest BCUT2D eigenvalue weighted by molar-refractivity contribution is 6.32. The molecular formula is C17H13ClO4. The van der Waals surface area contributed by atoms with Crippen molar-refractivity contribution in [1.82, 2.24) is 0 Å². The summed E-state index contributed by atoms with van der Waals surface area (Å²) in [5.41, 5.74) is 2.18. The van der Waals surface area contributed by atoms with Gasteiger partial charge in [-0.1, -0.05) is 35.9 Å². The highest BCUT2D eigenvalue weighted by Gasteiger charge is 2.32. The summed E-state index contributed by atoms with van der Waals surface area (Å²) in [4.78, 5) is 24.1. The van der Waals surface area contributed by atoms with Crippen LogP contribution in [0, 0.1) is 6.92 Å². The van der Waals surface area contributed by atoms with Crippen LogP contribution in [0.4, 0.5) is 0 Å². The van der Waals surface area contributed by atoms with Crippen molar-refractivity contribution >= 4 is 23.5 Å². The minimum atomic E-state index is -0.959. The Morgan fingerprint density at radius 3 is 2.86 bits per heavy atom. The summed E-state index contributed by atoms with van der Waals surface area (Å²) in [5, 5.41) is 0.335. The third-order valence-corrected chi connectivity index (χ3v) is 3.76. The maximum absolute atomic E-state index is 12.2. The van der Waals surface area contributed by atoms with E-state index in [2.05, 4.69) is 0 Å². The molecule has 2 aromatic rings. The molecule has 0 fully saturated rings. The highest BCUT2D eigenvalue weighted by Crippen LogP contribution is 2.27. The smallest absolute Gasteiger partial charge is 0.353 e. The summed E-state index contributed by atoms with van der Waals surface area (Å²) in [6.07, 6.45) is -0.663. The molecule has 1 heterocycles. The molecule has 3 rings (SSSR count). The summed E-state index contributed by atoms with van der Waals surface area (Å²) in [7, 11) is 0. The fourth-order valence-corrected chi connectivity index (χ4v) is 2.48. The topological polar surface area (TPSA) is 52.6 Å². The molecule has 0 bridgehead atoms. The molecule has 1 unspecified atom stereocenters.